The lowest BCUT2D eigenvalue weighted by Crippen LogP contribution is -2.41. The smallest absolute Gasteiger partial charge is 0.255 e. The molecular formula is C17H23FN6O. The topological polar surface area (TPSA) is 67.2 Å². The van der Waals surface area contributed by atoms with E-state index in [1.165, 1.54) is 6.20 Å². The van der Waals surface area contributed by atoms with Crippen molar-refractivity contribution in [3.63, 3.8) is 0 Å². The number of nitrogens with zero attached hydrogens (tertiary/aromatic N) is 6. The summed E-state index contributed by atoms with van der Waals surface area (Å²) in [4.78, 5) is 20.6. The molecule has 0 aromatic carbocycles. The third kappa shape index (κ3) is 4.01. The fourth-order valence-electron chi connectivity index (χ4n) is 3.25. The van der Waals surface area contributed by atoms with Gasteiger partial charge in [-0.3, -0.25) is 9.69 Å². The molecule has 2 atom stereocenters. The molecule has 7 nitrogen and oxygen atoms in total. The van der Waals surface area contributed by atoms with Crippen LogP contribution in [0.2, 0.25) is 0 Å². The van der Waals surface area contributed by atoms with Gasteiger partial charge in [0.15, 0.2) is 0 Å². The van der Waals surface area contributed by atoms with Crippen LogP contribution in [0.3, 0.4) is 0 Å². The summed E-state index contributed by atoms with van der Waals surface area (Å²) >= 11 is 0. The summed E-state index contributed by atoms with van der Waals surface area (Å²) in [6, 6.07) is 1.68. The predicted molar refractivity (Wildman–Crippen MR) is 90.6 cm³/mol. The first-order valence-electron chi connectivity index (χ1n) is 8.33. The van der Waals surface area contributed by atoms with E-state index in [1.807, 2.05) is 17.8 Å². The highest BCUT2D eigenvalue weighted by molar-refractivity contribution is 5.93. The van der Waals surface area contributed by atoms with Gasteiger partial charge in [-0.2, -0.15) is 10.2 Å². The summed E-state index contributed by atoms with van der Waals surface area (Å²) in [6.45, 7) is 3.20. The maximum atomic E-state index is 14.0. The average molecular weight is 346 g/mol. The fourth-order valence-corrected chi connectivity index (χ4v) is 3.25. The van der Waals surface area contributed by atoms with Crippen LogP contribution in [0.15, 0.2) is 24.7 Å². The van der Waals surface area contributed by atoms with Crippen molar-refractivity contribution in [3.8, 4) is 0 Å². The molecule has 1 aliphatic rings. The first kappa shape index (κ1) is 17.5. The van der Waals surface area contributed by atoms with Gasteiger partial charge in [-0.05, 0) is 19.4 Å². The lowest BCUT2D eigenvalue weighted by atomic mass is 10.1. The monoisotopic (exact) mass is 346 g/mol. The molecule has 3 heterocycles. The van der Waals surface area contributed by atoms with Crippen molar-refractivity contribution < 1.29 is 9.18 Å². The minimum absolute atomic E-state index is 0.0310. The van der Waals surface area contributed by atoms with Crippen molar-refractivity contribution in [3.05, 3.63) is 41.7 Å². The van der Waals surface area contributed by atoms with E-state index in [0.717, 1.165) is 5.82 Å². The number of halogens is 1. The third-order valence-corrected chi connectivity index (χ3v) is 4.60. The Morgan fingerprint density at radius 3 is 2.96 bits per heavy atom. The molecule has 0 spiro atoms. The molecule has 0 bridgehead atoms. The maximum absolute atomic E-state index is 14.0. The number of carbonyl (C=O) groups is 1. The molecule has 1 aliphatic heterocycles. The Morgan fingerprint density at radius 2 is 2.28 bits per heavy atom. The molecule has 0 unspecified atom stereocenters. The zero-order valence-corrected chi connectivity index (χ0v) is 14.8. The van der Waals surface area contributed by atoms with Crippen molar-refractivity contribution >= 4 is 5.91 Å². The Morgan fingerprint density at radius 1 is 1.48 bits per heavy atom. The van der Waals surface area contributed by atoms with Crippen molar-refractivity contribution in [2.75, 3.05) is 20.1 Å². The molecule has 0 aliphatic carbocycles. The van der Waals surface area contributed by atoms with E-state index in [9.17, 15) is 9.18 Å². The molecule has 1 amide bonds. The minimum atomic E-state index is -0.876. The maximum Gasteiger partial charge on any atom is 0.255 e. The van der Waals surface area contributed by atoms with Gasteiger partial charge in [0.05, 0.1) is 24.0 Å². The quantitative estimate of drug-likeness (QED) is 0.814. The lowest BCUT2D eigenvalue weighted by Gasteiger charge is -2.28. The number of aryl methyl sites for hydroxylation is 2. The molecule has 2 aromatic heterocycles. The SMILES string of the molecule is Cc1cc(C(=O)N(C)C[C@@H]2C[C@H](F)CN2Cc2nccn2C)cnn1. The van der Waals surface area contributed by atoms with Crippen LogP contribution < -0.4 is 0 Å². The van der Waals surface area contributed by atoms with Crippen molar-refractivity contribution in [1.82, 2.24) is 29.5 Å². The number of rotatable bonds is 5. The molecule has 1 fully saturated rings. The summed E-state index contributed by atoms with van der Waals surface area (Å²) < 4.78 is 15.9. The van der Waals surface area contributed by atoms with Gasteiger partial charge in [-0.25, -0.2) is 9.37 Å². The standard InChI is InChI=1S/C17H23FN6O/c1-12-6-13(8-20-21-12)17(25)23(3)10-15-7-14(18)9-24(15)11-16-19-4-5-22(16)2/h4-6,8,14-15H,7,9-11H2,1-3H3/t14-,15-/m0/s1. The Labute approximate surface area is 146 Å². The second-order valence-electron chi connectivity index (χ2n) is 6.64. The van der Waals surface area contributed by atoms with Crippen LogP contribution in [0, 0.1) is 6.92 Å². The van der Waals surface area contributed by atoms with Crippen LogP contribution in [0.4, 0.5) is 4.39 Å². The summed E-state index contributed by atoms with van der Waals surface area (Å²) in [5.41, 5.74) is 1.20. The van der Waals surface area contributed by atoms with Crippen LogP contribution in [0.1, 0.15) is 28.3 Å². The van der Waals surface area contributed by atoms with Gasteiger partial charge in [-0.1, -0.05) is 0 Å². The molecular weight excluding hydrogens is 323 g/mol. The second-order valence-corrected chi connectivity index (χ2v) is 6.64. The van der Waals surface area contributed by atoms with Crippen molar-refractivity contribution in [2.45, 2.75) is 32.1 Å². The average Bonchev–Trinajstić information content (AvgIpc) is 3.13. The summed E-state index contributed by atoms with van der Waals surface area (Å²) in [6.07, 6.45) is 4.63. The van der Waals surface area contributed by atoms with Crippen LogP contribution in [0.25, 0.3) is 0 Å². The number of alkyl halides is 1. The number of amides is 1. The van der Waals surface area contributed by atoms with Crippen LogP contribution >= 0.6 is 0 Å². The summed E-state index contributed by atoms with van der Waals surface area (Å²) in [5, 5.41) is 7.70. The highest BCUT2D eigenvalue weighted by Gasteiger charge is 2.34. The highest BCUT2D eigenvalue weighted by Crippen LogP contribution is 2.23. The largest absolute Gasteiger partial charge is 0.340 e. The number of aromatic nitrogens is 4. The highest BCUT2D eigenvalue weighted by atomic mass is 19.1. The molecule has 3 rings (SSSR count). The number of imidazole rings is 1. The molecule has 0 radical (unpaired) electrons. The van der Waals surface area contributed by atoms with Gasteiger partial charge in [-0.15, -0.1) is 0 Å². The Hall–Kier alpha value is -2.35. The van der Waals surface area contributed by atoms with Crippen molar-refractivity contribution in [2.24, 2.45) is 7.05 Å². The summed E-state index contributed by atoms with van der Waals surface area (Å²) in [7, 11) is 3.66. The van der Waals surface area contributed by atoms with E-state index < -0.39 is 6.17 Å². The molecule has 25 heavy (non-hydrogen) atoms. The Kier molecular flexibility index (Phi) is 5.08. The number of hydrogen-bond acceptors (Lipinski definition) is 5. The number of hydrogen-bond donors (Lipinski definition) is 0. The molecule has 8 heteroatoms. The first-order valence-corrected chi connectivity index (χ1v) is 8.33. The molecule has 1 saturated heterocycles. The molecule has 134 valence electrons. The fraction of sp³-hybridized carbons (Fsp3) is 0.529. The number of likely N-dealkylation sites (N-methyl/N-ethyl adjacent to an activating group) is 1. The predicted octanol–water partition coefficient (Wildman–Crippen LogP) is 1.20. The number of likely N-dealkylation sites (tertiary alicyclic amines) is 1. The normalized spacial score (nSPS) is 20.8. The van der Waals surface area contributed by atoms with E-state index in [2.05, 4.69) is 20.1 Å². The van der Waals surface area contributed by atoms with Gasteiger partial charge < -0.3 is 9.47 Å². The van der Waals surface area contributed by atoms with Crippen LogP contribution in [-0.4, -0.2) is 67.8 Å². The minimum Gasteiger partial charge on any atom is -0.340 e. The Balaban J connectivity index is 1.67. The molecule has 0 saturated carbocycles. The van der Waals surface area contributed by atoms with E-state index in [4.69, 9.17) is 0 Å². The van der Waals surface area contributed by atoms with Gasteiger partial charge in [0, 0.05) is 45.6 Å². The second kappa shape index (κ2) is 7.26. The lowest BCUT2D eigenvalue weighted by molar-refractivity contribution is 0.0747. The van der Waals surface area contributed by atoms with Crippen molar-refractivity contribution in [1.29, 1.82) is 0 Å². The zero-order valence-electron chi connectivity index (χ0n) is 14.8. The van der Waals surface area contributed by atoms with E-state index in [1.54, 1.807) is 31.1 Å². The van der Waals surface area contributed by atoms with Crippen LogP contribution in [-0.2, 0) is 13.6 Å². The molecule has 0 N–H and O–H groups in total. The van der Waals surface area contributed by atoms with Gasteiger partial charge in [0.2, 0.25) is 0 Å². The summed E-state index contributed by atoms with van der Waals surface area (Å²) in [5.74, 6) is 0.763. The zero-order chi connectivity index (χ0) is 18.0. The first-order chi connectivity index (χ1) is 11.9. The van der Waals surface area contributed by atoms with Gasteiger partial charge >= 0.3 is 0 Å². The van der Waals surface area contributed by atoms with Crippen LogP contribution in [0.5, 0.6) is 0 Å². The van der Waals surface area contributed by atoms with Gasteiger partial charge in [0.25, 0.3) is 5.91 Å². The molecule has 2 aromatic rings. The third-order valence-electron chi connectivity index (χ3n) is 4.60. The number of carbonyl (C=O) groups excluding carboxylic acids is 1. The van der Waals surface area contributed by atoms with Gasteiger partial charge in [0.1, 0.15) is 12.0 Å². The van der Waals surface area contributed by atoms with E-state index in [-0.39, 0.29) is 11.9 Å². The van der Waals surface area contributed by atoms with E-state index in [0.29, 0.717) is 37.3 Å². The van der Waals surface area contributed by atoms with E-state index >= 15 is 0 Å². The Bertz CT molecular complexity index is 748.